The van der Waals surface area contributed by atoms with Gasteiger partial charge < -0.3 is 24.6 Å². The first kappa shape index (κ1) is 39.1. The number of piperazine rings is 1. The lowest BCUT2D eigenvalue weighted by Gasteiger charge is -2.40. The van der Waals surface area contributed by atoms with Crippen LogP contribution >= 0.6 is 11.6 Å². The van der Waals surface area contributed by atoms with Crippen molar-refractivity contribution < 1.29 is 37.8 Å². The number of nitriles is 1. The van der Waals surface area contributed by atoms with Gasteiger partial charge in [0.1, 0.15) is 23.7 Å². The van der Waals surface area contributed by atoms with Crippen molar-refractivity contribution in [2.45, 2.75) is 62.8 Å². The lowest BCUT2D eigenvalue weighted by Crippen LogP contribution is -2.54. The van der Waals surface area contributed by atoms with Crippen molar-refractivity contribution >= 4 is 52.6 Å². The number of morpholine rings is 1. The number of benzene rings is 2. The number of amides is 5. The normalized spacial score (nSPS) is 24.0. The summed E-state index contributed by atoms with van der Waals surface area (Å²) in [4.78, 5) is 70.6. The van der Waals surface area contributed by atoms with Gasteiger partial charge in [-0.1, -0.05) is 11.6 Å². The number of aromatic nitrogens is 2. The molecule has 0 bridgehead atoms. The van der Waals surface area contributed by atoms with Crippen LogP contribution < -0.4 is 25.2 Å². The predicted molar refractivity (Wildman–Crippen MR) is 206 cm³/mol. The Morgan fingerprint density at radius 3 is 2.40 bits per heavy atom. The van der Waals surface area contributed by atoms with Crippen LogP contribution in [0.15, 0.2) is 42.5 Å². The van der Waals surface area contributed by atoms with E-state index in [-0.39, 0.29) is 59.5 Å². The number of imide groups is 2. The van der Waals surface area contributed by atoms with Gasteiger partial charge in [0.05, 0.1) is 46.2 Å². The second-order valence-corrected chi connectivity index (χ2v) is 15.5. The zero-order chi connectivity index (χ0) is 40.5. The molecule has 1 unspecified atom stereocenters. The average molecular weight is 814 g/mol. The van der Waals surface area contributed by atoms with E-state index in [9.17, 15) is 24.0 Å². The van der Waals surface area contributed by atoms with Gasteiger partial charge in [-0.3, -0.25) is 39.1 Å². The molecule has 0 spiro atoms. The summed E-state index contributed by atoms with van der Waals surface area (Å²) in [6.45, 7) is 4.48. The fourth-order valence-electron chi connectivity index (χ4n) is 8.27. The first-order valence-corrected chi connectivity index (χ1v) is 19.8. The number of nitrogens with one attached hydrogen (secondary N) is 2. The second-order valence-electron chi connectivity index (χ2n) is 15.1. The summed E-state index contributed by atoms with van der Waals surface area (Å²) in [7, 11) is 0. The molecule has 16 nitrogen and oxygen atoms in total. The van der Waals surface area contributed by atoms with Gasteiger partial charge in [0.2, 0.25) is 11.8 Å². The molecule has 302 valence electrons. The van der Waals surface area contributed by atoms with Crippen molar-refractivity contribution in [2.75, 3.05) is 62.2 Å². The zero-order valence-corrected chi connectivity index (χ0v) is 32.3. The van der Waals surface area contributed by atoms with E-state index in [2.05, 4.69) is 30.6 Å². The van der Waals surface area contributed by atoms with Crippen LogP contribution in [0.2, 0.25) is 5.02 Å². The molecule has 2 aromatic carbocycles. The minimum atomic E-state index is -1.13. The van der Waals surface area contributed by atoms with Gasteiger partial charge in [-0.2, -0.15) is 5.26 Å². The first-order chi connectivity index (χ1) is 28.0. The summed E-state index contributed by atoms with van der Waals surface area (Å²) in [5, 5.41) is 23.3. The highest BCUT2D eigenvalue weighted by Crippen LogP contribution is 2.34. The molecular weight excluding hydrogens is 773 g/mol. The number of hydrogen-bond acceptors (Lipinski definition) is 13. The van der Waals surface area contributed by atoms with Crippen LogP contribution in [0.1, 0.15) is 75.3 Å². The minimum Gasteiger partial charge on any atom is -0.490 e. The molecule has 3 saturated heterocycles. The maximum absolute atomic E-state index is 15.5. The molecule has 1 saturated carbocycles. The molecule has 2 atom stereocenters. The topological polar surface area (TPSA) is 190 Å². The summed E-state index contributed by atoms with van der Waals surface area (Å²) >= 11 is 6.14. The third-order valence-corrected chi connectivity index (χ3v) is 11.7. The van der Waals surface area contributed by atoms with Crippen molar-refractivity contribution in [3.63, 3.8) is 0 Å². The van der Waals surface area contributed by atoms with E-state index < -0.39 is 35.5 Å². The van der Waals surface area contributed by atoms with Crippen LogP contribution in [0.3, 0.4) is 0 Å². The first-order valence-electron chi connectivity index (χ1n) is 19.4. The van der Waals surface area contributed by atoms with Gasteiger partial charge in [-0.05, 0) is 68.5 Å². The molecule has 58 heavy (non-hydrogen) atoms. The maximum Gasteiger partial charge on any atom is 0.272 e. The molecule has 4 fully saturated rings. The van der Waals surface area contributed by atoms with Gasteiger partial charge >= 0.3 is 0 Å². The molecular formula is C40H41ClFN9O7. The van der Waals surface area contributed by atoms with E-state index in [1.54, 1.807) is 30.3 Å². The van der Waals surface area contributed by atoms with Crippen LogP contribution in [0.4, 0.5) is 15.9 Å². The average Bonchev–Trinajstić information content (AvgIpc) is 3.46. The van der Waals surface area contributed by atoms with Gasteiger partial charge in [0.25, 0.3) is 17.7 Å². The molecule has 5 aliphatic rings. The SMILES string of the molecule is N#Cc1ccc(OC2CCC(NC(=O)c3ccc(N4CCN(C[C@H]5CN(c6cc7c(cc6F)C(=O)N(C6CCC(=O)NC6=O)C7=O)CCO5)CC4)nn3)CC2)cc1Cl. The van der Waals surface area contributed by atoms with Gasteiger partial charge in [0.15, 0.2) is 11.5 Å². The number of rotatable bonds is 9. The van der Waals surface area contributed by atoms with E-state index in [0.717, 1.165) is 36.6 Å². The van der Waals surface area contributed by atoms with Crippen LogP contribution in [0, 0.1) is 17.1 Å². The number of hydrogen-bond donors (Lipinski definition) is 2. The van der Waals surface area contributed by atoms with Gasteiger partial charge in [-0.25, -0.2) is 4.39 Å². The molecule has 2 N–H and O–H groups in total. The second kappa shape index (κ2) is 16.6. The molecule has 18 heteroatoms. The molecule has 0 radical (unpaired) electrons. The summed E-state index contributed by atoms with van der Waals surface area (Å²) in [6.07, 6.45) is 2.79. The van der Waals surface area contributed by atoms with E-state index in [4.69, 9.17) is 26.3 Å². The zero-order valence-electron chi connectivity index (χ0n) is 31.5. The number of carbonyl (C=O) groups excluding carboxylic acids is 5. The van der Waals surface area contributed by atoms with Crippen LogP contribution in [0.25, 0.3) is 0 Å². The number of nitrogens with zero attached hydrogens (tertiary/aromatic N) is 7. The lowest BCUT2D eigenvalue weighted by atomic mass is 9.93. The number of carbonyl (C=O) groups is 5. The molecule has 4 aliphatic heterocycles. The number of halogens is 2. The van der Waals surface area contributed by atoms with Crippen LogP contribution in [0.5, 0.6) is 5.75 Å². The van der Waals surface area contributed by atoms with E-state index in [0.29, 0.717) is 74.6 Å². The third-order valence-electron chi connectivity index (χ3n) is 11.4. The maximum atomic E-state index is 15.5. The largest absolute Gasteiger partial charge is 0.490 e. The minimum absolute atomic E-state index is 0.00348. The lowest BCUT2D eigenvalue weighted by molar-refractivity contribution is -0.136. The number of fused-ring (bicyclic) bond motifs is 1. The fraction of sp³-hybridized carbons (Fsp3) is 0.450. The molecule has 5 amide bonds. The number of piperidine rings is 1. The third kappa shape index (κ3) is 8.17. The Hall–Kier alpha value is -5.70. The summed E-state index contributed by atoms with van der Waals surface area (Å²) in [5.74, 6) is -2.26. The Kier molecular flexibility index (Phi) is 11.2. The quantitative estimate of drug-likeness (QED) is 0.300. The molecule has 8 rings (SSSR count). The highest BCUT2D eigenvalue weighted by Gasteiger charge is 2.45. The van der Waals surface area contributed by atoms with E-state index in [1.807, 2.05) is 11.0 Å². The van der Waals surface area contributed by atoms with Crippen LogP contribution in [-0.2, 0) is 14.3 Å². The number of ether oxygens (including phenoxy) is 2. The van der Waals surface area contributed by atoms with Gasteiger partial charge in [0, 0.05) is 64.3 Å². The predicted octanol–water partition coefficient (Wildman–Crippen LogP) is 2.69. The molecule has 5 heterocycles. The molecule has 1 aliphatic carbocycles. The highest BCUT2D eigenvalue weighted by atomic mass is 35.5. The standard InChI is InChI=1S/C40H41ClFN9O7/c41-30-17-26(4-1-23(30)20-43)58-25-5-2-24(3-6-25)44-37(53)32-7-9-35(47-46-32)49-13-11-48(12-14-49)21-27-22-50(15-16-57-27)34-19-29-28(18-31(34)42)39(55)51(40(29)56)33-8-10-36(52)45-38(33)54/h1,4,7,9,17-19,24-25,27,33H,2-3,5-6,8,10-16,21-22H2,(H,44,53)(H,45,52,54)/t24?,25?,27-,33?/m0/s1. The molecule has 1 aromatic heterocycles. The summed E-state index contributed by atoms with van der Waals surface area (Å²) < 4.78 is 27.7. The number of anilines is 2. The summed E-state index contributed by atoms with van der Waals surface area (Å²) in [5.41, 5.74) is 0.753. The van der Waals surface area contributed by atoms with E-state index >= 15 is 4.39 Å². The Morgan fingerprint density at radius 1 is 0.948 bits per heavy atom. The Labute approximate surface area is 338 Å². The smallest absolute Gasteiger partial charge is 0.272 e. The van der Waals surface area contributed by atoms with Crippen molar-refractivity contribution in [3.8, 4) is 11.8 Å². The fourth-order valence-corrected chi connectivity index (χ4v) is 8.48. The van der Waals surface area contributed by atoms with Gasteiger partial charge in [-0.15, -0.1) is 10.2 Å². The highest BCUT2D eigenvalue weighted by molar-refractivity contribution is 6.31. The Balaban J connectivity index is 0.792. The van der Waals surface area contributed by atoms with Crippen molar-refractivity contribution in [3.05, 3.63) is 75.7 Å². The van der Waals surface area contributed by atoms with Crippen molar-refractivity contribution in [1.29, 1.82) is 5.26 Å². The van der Waals surface area contributed by atoms with Crippen molar-refractivity contribution in [2.24, 2.45) is 0 Å². The summed E-state index contributed by atoms with van der Waals surface area (Å²) in [6, 6.07) is 11.9. The monoisotopic (exact) mass is 813 g/mol. The Bertz CT molecular complexity index is 2170. The van der Waals surface area contributed by atoms with Crippen LogP contribution in [-0.4, -0.2) is 126 Å². The van der Waals surface area contributed by atoms with Crippen molar-refractivity contribution in [1.82, 2.24) is 30.6 Å². The van der Waals surface area contributed by atoms with E-state index in [1.165, 1.54) is 6.07 Å². The molecule has 3 aromatic rings. The Morgan fingerprint density at radius 2 is 1.71 bits per heavy atom.